The molecule has 2 heterocycles. The van der Waals surface area contributed by atoms with Crippen LogP contribution in [0.4, 0.5) is 0 Å². The van der Waals surface area contributed by atoms with Crippen molar-refractivity contribution in [2.45, 2.75) is 63.0 Å². The maximum Gasteiger partial charge on any atom is 0.229 e. The number of aromatic hydroxyl groups is 2. The number of fused-ring (bicyclic) bond motifs is 1. The van der Waals surface area contributed by atoms with E-state index in [-0.39, 0.29) is 46.4 Å². The van der Waals surface area contributed by atoms with Crippen molar-refractivity contribution >= 4 is 11.0 Å². The number of ether oxygens (including phenoxy) is 2. The maximum atomic E-state index is 13.4. The van der Waals surface area contributed by atoms with Crippen LogP contribution in [0, 0.1) is 0 Å². The third-order valence-corrected chi connectivity index (χ3v) is 6.35. The molecule has 37 heavy (non-hydrogen) atoms. The summed E-state index contributed by atoms with van der Waals surface area (Å²) in [5, 5.41) is 70.6. The van der Waals surface area contributed by atoms with Gasteiger partial charge in [-0.1, -0.05) is 12.1 Å². The molecule has 5 unspecified atom stereocenters. The number of benzene rings is 2. The van der Waals surface area contributed by atoms with Gasteiger partial charge >= 0.3 is 0 Å². The highest BCUT2D eigenvalue weighted by molar-refractivity contribution is 5.91. The number of hydrogen-bond acceptors (Lipinski definition) is 11. The van der Waals surface area contributed by atoms with E-state index in [2.05, 4.69) is 0 Å². The van der Waals surface area contributed by atoms with Crippen molar-refractivity contribution in [3.63, 3.8) is 0 Å². The average Bonchev–Trinajstić information content (AvgIpc) is 2.84. The van der Waals surface area contributed by atoms with Crippen LogP contribution in [0.1, 0.15) is 25.8 Å². The molecule has 4 rings (SSSR count). The first-order chi connectivity index (χ1) is 17.4. The Morgan fingerprint density at radius 1 is 1.03 bits per heavy atom. The van der Waals surface area contributed by atoms with Crippen LogP contribution in [0.5, 0.6) is 17.2 Å². The molecule has 0 spiro atoms. The van der Waals surface area contributed by atoms with E-state index >= 15 is 0 Å². The van der Waals surface area contributed by atoms with Gasteiger partial charge in [0.05, 0.1) is 17.8 Å². The van der Waals surface area contributed by atoms with Crippen LogP contribution in [-0.2, 0) is 11.2 Å². The van der Waals surface area contributed by atoms with E-state index in [4.69, 9.17) is 13.9 Å². The summed E-state index contributed by atoms with van der Waals surface area (Å²) >= 11 is 0. The number of aliphatic hydroxyl groups is 5. The molecular weight excluding hydrogens is 488 g/mol. The predicted molar refractivity (Wildman–Crippen MR) is 130 cm³/mol. The molecule has 0 radical (unpaired) electrons. The smallest absolute Gasteiger partial charge is 0.229 e. The molecule has 200 valence electrons. The van der Waals surface area contributed by atoms with Gasteiger partial charge in [-0.25, -0.2) is 0 Å². The molecule has 0 saturated carbocycles. The summed E-state index contributed by atoms with van der Waals surface area (Å²) in [6.45, 7) is 2.52. The van der Waals surface area contributed by atoms with Crippen molar-refractivity contribution in [1.82, 2.24) is 0 Å². The molecule has 2 aromatic carbocycles. The summed E-state index contributed by atoms with van der Waals surface area (Å²) in [6.07, 6.45) is -6.22. The predicted octanol–water partition coefficient (Wildman–Crippen LogP) is 0.753. The van der Waals surface area contributed by atoms with Crippen molar-refractivity contribution in [2.75, 3.05) is 6.61 Å². The van der Waals surface area contributed by atoms with Gasteiger partial charge < -0.3 is 49.6 Å². The molecular formula is C26H30O11. The summed E-state index contributed by atoms with van der Waals surface area (Å²) in [7, 11) is 0. The van der Waals surface area contributed by atoms with Crippen LogP contribution in [0.15, 0.2) is 45.8 Å². The van der Waals surface area contributed by atoms with Gasteiger partial charge in [-0.3, -0.25) is 4.79 Å². The molecule has 7 N–H and O–H groups in total. The molecule has 3 aromatic rings. The van der Waals surface area contributed by atoms with Crippen molar-refractivity contribution in [2.24, 2.45) is 0 Å². The Morgan fingerprint density at radius 2 is 1.70 bits per heavy atom. The minimum atomic E-state index is -1.71. The molecule has 1 saturated heterocycles. The molecule has 11 heteroatoms. The minimum absolute atomic E-state index is 0.0145. The fourth-order valence-corrected chi connectivity index (χ4v) is 4.22. The SMILES string of the molecule is CC(C)(O)CCc1c(OC2OC(CO)C(O)C(O)C2O)cc(O)c2c(=O)c(-c3ccc(O)cc3)coc12. The molecule has 1 aliphatic rings. The largest absolute Gasteiger partial charge is 0.508 e. The van der Waals surface area contributed by atoms with Crippen LogP contribution in [0.2, 0.25) is 0 Å². The van der Waals surface area contributed by atoms with Gasteiger partial charge in [-0.05, 0) is 44.4 Å². The number of hydrogen-bond donors (Lipinski definition) is 7. The third kappa shape index (κ3) is 5.42. The second-order valence-electron chi connectivity index (χ2n) is 9.73. The zero-order valence-corrected chi connectivity index (χ0v) is 20.2. The molecule has 1 aromatic heterocycles. The molecule has 0 amide bonds. The van der Waals surface area contributed by atoms with Gasteiger partial charge in [0.15, 0.2) is 0 Å². The van der Waals surface area contributed by atoms with Crippen LogP contribution in [0.25, 0.3) is 22.1 Å². The summed E-state index contributed by atoms with van der Waals surface area (Å²) in [5.41, 5.74) is -0.811. The van der Waals surface area contributed by atoms with E-state index in [9.17, 15) is 40.5 Å². The van der Waals surface area contributed by atoms with Gasteiger partial charge in [0.1, 0.15) is 58.9 Å². The summed E-state index contributed by atoms with van der Waals surface area (Å²) in [5.74, 6) is -0.532. The first-order valence-electron chi connectivity index (χ1n) is 11.7. The zero-order chi connectivity index (χ0) is 27.1. The highest BCUT2D eigenvalue weighted by atomic mass is 16.7. The molecule has 1 fully saturated rings. The number of phenolic OH excluding ortho intramolecular Hbond substituents is 2. The van der Waals surface area contributed by atoms with Crippen LogP contribution in [-0.4, -0.2) is 78.7 Å². The average molecular weight is 519 g/mol. The monoisotopic (exact) mass is 518 g/mol. The van der Waals surface area contributed by atoms with Crippen LogP contribution >= 0.6 is 0 Å². The lowest BCUT2D eigenvalue weighted by Gasteiger charge is -2.39. The zero-order valence-electron chi connectivity index (χ0n) is 20.2. The molecule has 0 bridgehead atoms. The first-order valence-corrected chi connectivity index (χ1v) is 11.7. The lowest BCUT2D eigenvalue weighted by molar-refractivity contribution is -0.277. The van der Waals surface area contributed by atoms with E-state index in [1.54, 1.807) is 13.8 Å². The topological polar surface area (TPSA) is 190 Å². The van der Waals surface area contributed by atoms with E-state index < -0.39 is 54.1 Å². The maximum absolute atomic E-state index is 13.4. The van der Waals surface area contributed by atoms with Crippen molar-refractivity contribution in [3.8, 4) is 28.4 Å². The number of aryl methyl sites for hydroxylation is 1. The number of aliphatic hydroxyl groups excluding tert-OH is 4. The fraction of sp³-hybridized carbons (Fsp3) is 0.423. The summed E-state index contributed by atoms with van der Waals surface area (Å²) in [6, 6.07) is 7.00. The van der Waals surface area contributed by atoms with Gasteiger partial charge in [0.25, 0.3) is 0 Å². The Bertz CT molecular complexity index is 1310. The van der Waals surface area contributed by atoms with Crippen LogP contribution < -0.4 is 10.2 Å². The van der Waals surface area contributed by atoms with Gasteiger partial charge in [0.2, 0.25) is 11.7 Å². The Labute approximate surface area is 211 Å². The van der Waals surface area contributed by atoms with Gasteiger partial charge in [-0.15, -0.1) is 0 Å². The highest BCUT2D eigenvalue weighted by Crippen LogP contribution is 2.38. The normalized spacial score (nSPS) is 24.4. The first kappa shape index (κ1) is 26.9. The molecule has 5 atom stereocenters. The van der Waals surface area contributed by atoms with E-state index in [1.165, 1.54) is 30.5 Å². The highest BCUT2D eigenvalue weighted by Gasteiger charge is 2.45. The van der Waals surface area contributed by atoms with Crippen molar-refractivity contribution in [1.29, 1.82) is 0 Å². The summed E-state index contributed by atoms with van der Waals surface area (Å²) < 4.78 is 17.0. The Morgan fingerprint density at radius 3 is 2.32 bits per heavy atom. The molecule has 11 nitrogen and oxygen atoms in total. The van der Waals surface area contributed by atoms with Crippen LogP contribution in [0.3, 0.4) is 0 Å². The Hall–Kier alpha value is -3.19. The summed E-state index contributed by atoms with van der Waals surface area (Å²) in [4.78, 5) is 13.4. The second-order valence-corrected chi connectivity index (χ2v) is 9.73. The lowest BCUT2D eigenvalue weighted by Crippen LogP contribution is -2.60. The van der Waals surface area contributed by atoms with Gasteiger partial charge in [0, 0.05) is 11.6 Å². The number of phenols is 2. The Kier molecular flexibility index (Phi) is 7.47. The minimum Gasteiger partial charge on any atom is -0.508 e. The fourth-order valence-electron chi connectivity index (χ4n) is 4.22. The lowest BCUT2D eigenvalue weighted by atomic mass is 9.95. The van der Waals surface area contributed by atoms with Gasteiger partial charge in [-0.2, -0.15) is 0 Å². The standard InChI is InChI=1S/C26H30O11/c1-26(2,34)8-7-14-17(36-25-23(33)22(32)21(31)18(10-27)37-25)9-16(29)19-20(30)15(11-35-24(14)19)12-3-5-13(28)6-4-12/h3-6,9,11,18,21-23,25,27-29,31-34H,7-8,10H2,1-2H3. The molecule has 0 aliphatic carbocycles. The van der Waals surface area contributed by atoms with E-state index in [0.717, 1.165) is 6.07 Å². The number of rotatable bonds is 7. The Balaban J connectivity index is 1.82. The second kappa shape index (κ2) is 10.3. The van der Waals surface area contributed by atoms with E-state index in [0.29, 0.717) is 5.56 Å². The van der Waals surface area contributed by atoms with E-state index in [1.807, 2.05) is 0 Å². The third-order valence-electron chi connectivity index (χ3n) is 6.35. The van der Waals surface area contributed by atoms with Crippen molar-refractivity contribution < 1.29 is 49.6 Å². The molecule has 1 aliphatic heterocycles. The van der Waals surface area contributed by atoms with Crippen molar-refractivity contribution in [3.05, 3.63) is 52.4 Å². The quantitative estimate of drug-likeness (QED) is 0.234.